The highest BCUT2D eigenvalue weighted by atomic mass is 127. The Balaban J connectivity index is 0.00000324. The van der Waals surface area contributed by atoms with Gasteiger partial charge in [0.25, 0.3) is 5.91 Å². The van der Waals surface area contributed by atoms with Crippen LogP contribution in [-0.2, 0) is 0 Å². The fourth-order valence-electron chi connectivity index (χ4n) is 4.13. The van der Waals surface area contributed by atoms with E-state index >= 15 is 0 Å². The van der Waals surface area contributed by atoms with Crippen LogP contribution in [0.1, 0.15) is 48.9 Å². The average Bonchev–Trinajstić information content (AvgIpc) is 2.84. The molecule has 1 heterocycles. The van der Waals surface area contributed by atoms with Crippen LogP contribution in [0.3, 0.4) is 0 Å². The van der Waals surface area contributed by atoms with Gasteiger partial charge in [-0.25, -0.2) is 4.98 Å². The van der Waals surface area contributed by atoms with E-state index < -0.39 is 0 Å². The van der Waals surface area contributed by atoms with Crippen molar-refractivity contribution in [3.8, 4) is 0 Å². The zero-order chi connectivity index (χ0) is 22.9. The number of unbranched alkanes of at least 4 members (excludes halogenated alkanes) is 5. The van der Waals surface area contributed by atoms with Crippen molar-refractivity contribution in [2.75, 3.05) is 18.4 Å². The van der Waals surface area contributed by atoms with Crippen LogP contribution >= 0.6 is 35.0 Å². The molecule has 6 heteroatoms. The average molecular weight is 588 g/mol. The molecule has 178 valence electrons. The third kappa shape index (κ3) is 7.06. The number of anilines is 1. The van der Waals surface area contributed by atoms with Crippen molar-refractivity contribution in [2.45, 2.75) is 38.5 Å². The first-order valence-electron chi connectivity index (χ1n) is 11.8. The number of nitrogens with one attached hydrogen (secondary N) is 2. The minimum atomic E-state index is 0. The summed E-state index contributed by atoms with van der Waals surface area (Å²) in [5, 5.41) is 9.08. The number of benzene rings is 3. The van der Waals surface area contributed by atoms with E-state index in [0.29, 0.717) is 0 Å². The molecule has 4 aromatic rings. The van der Waals surface area contributed by atoms with E-state index in [1.807, 2.05) is 36.4 Å². The van der Waals surface area contributed by atoms with Crippen LogP contribution in [0.5, 0.6) is 0 Å². The van der Waals surface area contributed by atoms with Crippen molar-refractivity contribution in [2.24, 2.45) is 0 Å². The van der Waals surface area contributed by atoms with Crippen molar-refractivity contribution < 1.29 is 4.79 Å². The molecule has 0 radical (unpaired) electrons. The minimum Gasteiger partial charge on any atom is -0.384 e. The van der Waals surface area contributed by atoms with Crippen LogP contribution in [0.25, 0.3) is 21.8 Å². The van der Waals surface area contributed by atoms with Crippen molar-refractivity contribution in [1.82, 2.24) is 10.3 Å². The molecule has 0 spiro atoms. The van der Waals surface area contributed by atoms with Gasteiger partial charge < -0.3 is 10.6 Å². The number of rotatable bonds is 11. The van der Waals surface area contributed by atoms with E-state index in [9.17, 15) is 4.79 Å². The molecule has 1 amide bonds. The molecule has 3 aromatic carbocycles. The van der Waals surface area contributed by atoms with Gasteiger partial charge in [-0.1, -0.05) is 68.1 Å². The fourth-order valence-corrected chi connectivity index (χ4v) is 4.68. The number of para-hydroxylation sites is 2. The number of fused-ring (bicyclic) bond motifs is 2. The summed E-state index contributed by atoms with van der Waals surface area (Å²) in [5.41, 5.74) is 4.00. The number of pyridine rings is 1. The van der Waals surface area contributed by atoms with Crippen LogP contribution in [0.15, 0.2) is 72.8 Å². The lowest BCUT2D eigenvalue weighted by atomic mass is 10.1. The number of halogens is 2. The van der Waals surface area contributed by atoms with Gasteiger partial charge in [0.2, 0.25) is 0 Å². The predicted octanol–water partition coefficient (Wildman–Crippen LogP) is 7.60. The highest BCUT2D eigenvalue weighted by Crippen LogP contribution is 2.30. The molecule has 1 aromatic heterocycles. The van der Waals surface area contributed by atoms with Gasteiger partial charge in [0.15, 0.2) is 0 Å². The molecular weight excluding hydrogens is 557 g/mol. The summed E-state index contributed by atoms with van der Waals surface area (Å²) in [7, 11) is 0. The van der Waals surface area contributed by atoms with E-state index in [1.54, 1.807) is 0 Å². The van der Waals surface area contributed by atoms with E-state index in [1.165, 1.54) is 35.7 Å². The van der Waals surface area contributed by atoms with Crippen molar-refractivity contribution in [1.29, 1.82) is 0 Å². The molecule has 0 atom stereocenters. The maximum atomic E-state index is 12.2. The Labute approximate surface area is 221 Å². The maximum absolute atomic E-state index is 12.2. The first-order valence-corrected chi connectivity index (χ1v) is 12.9. The topological polar surface area (TPSA) is 54.0 Å². The zero-order valence-corrected chi connectivity index (χ0v) is 22.2. The number of hydrogen-bond donors (Lipinski definition) is 2. The monoisotopic (exact) mass is 587 g/mol. The largest absolute Gasteiger partial charge is 0.384 e. The minimum absolute atomic E-state index is 0. The molecule has 0 fully saturated rings. The van der Waals surface area contributed by atoms with Crippen LogP contribution < -0.4 is 10.6 Å². The molecule has 0 unspecified atom stereocenters. The molecule has 0 bridgehead atoms. The molecule has 0 aliphatic carbocycles. The molecule has 0 aliphatic rings. The second-order valence-electron chi connectivity index (χ2n) is 8.34. The number of nitrogens with zero attached hydrogens (tertiary/aromatic N) is 1. The number of aromatic nitrogens is 1. The van der Waals surface area contributed by atoms with Gasteiger partial charge in [-0.15, -0.1) is 12.4 Å². The Kier molecular flexibility index (Phi) is 10.4. The quantitative estimate of drug-likeness (QED) is 0.108. The van der Waals surface area contributed by atoms with Gasteiger partial charge in [0, 0.05) is 33.0 Å². The Hall–Kier alpha value is -2.38. The number of carbonyl (C=O) groups excluding carboxylic acids is 1. The summed E-state index contributed by atoms with van der Waals surface area (Å²) in [6.45, 7) is 1.71. The fraction of sp³-hybridized carbons (Fsp3) is 0.286. The van der Waals surface area contributed by atoms with Crippen molar-refractivity contribution >= 4 is 68.4 Å². The van der Waals surface area contributed by atoms with Gasteiger partial charge in [0.05, 0.1) is 16.7 Å². The summed E-state index contributed by atoms with van der Waals surface area (Å²) in [5.74, 6) is 0.0238. The van der Waals surface area contributed by atoms with E-state index in [-0.39, 0.29) is 18.3 Å². The van der Waals surface area contributed by atoms with E-state index in [2.05, 4.69) is 69.6 Å². The highest BCUT2D eigenvalue weighted by molar-refractivity contribution is 14.1. The third-order valence-corrected chi connectivity index (χ3v) is 6.54. The van der Waals surface area contributed by atoms with E-state index in [0.717, 1.165) is 52.5 Å². The standard InChI is InChI=1S/C28H30IN3O.ClH/c29-22-13-11-12-21(20-22)28(33)31-19-10-4-2-1-3-9-18-30-27-23-14-5-7-16-25(23)32-26-17-8-6-15-24(26)27;/h5-8,11-17,20H,1-4,9-10,18-19H2,(H,30,32)(H,31,33);1H. The molecule has 2 N–H and O–H groups in total. The molecule has 0 saturated heterocycles. The predicted molar refractivity (Wildman–Crippen MR) is 154 cm³/mol. The first kappa shape index (κ1) is 26.2. The normalized spacial score (nSPS) is 10.7. The van der Waals surface area contributed by atoms with Gasteiger partial charge in [0.1, 0.15) is 0 Å². The summed E-state index contributed by atoms with van der Waals surface area (Å²) >= 11 is 2.23. The molecule has 4 nitrogen and oxygen atoms in total. The van der Waals surface area contributed by atoms with Crippen LogP contribution in [0, 0.1) is 3.57 Å². The third-order valence-electron chi connectivity index (χ3n) is 5.87. The van der Waals surface area contributed by atoms with E-state index in [4.69, 9.17) is 4.98 Å². The Morgan fingerprint density at radius 3 is 1.97 bits per heavy atom. The SMILES string of the molecule is Cl.O=C(NCCCCCCCCNc1c2ccccc2nc2ccccc12)c1cccc(I)c1. The Bertz CT molecular complexity index is 1180. The van der Waals surface area contributed by atoms with Crippen LogP contribution in [-0.4, -0.2) is 24.0 Å². The Morgan fingerprint density at radius 2 is 1.32 bits per heavy atom. The van der Waals surface area contributed by atoms with Gasteiger partial charge in [-0.05, 0) is 65.8 Å². The molecular formula is C28H31ClIN3O. The first-order chi connectivity index (χ1) is 16.2. The lowest BCUT2D eigenvalue weighted by Crippen LogP contribution is -2.24. The van der Waals surface area contributed by atoms with Gasteiger partial charge in [-0.3, -0.25) is 4.79 Å². The lowest BCUT2D eigenvalue weighted by molar-refractivity contribution is 0.0953. The number of hydrogen-bond acceptors (Lipinski definition) is 3. The van der Waals surface area contributed by atoms with Gasteiger partial charge >= 0.3 is 0 Å². The smallest absolute Gasteiger partial charge is 0.251 e. The van der Waals surface area contributed by atoms with Crippen molar-refractivity contribution in [3.05, 3.63) is 81.9 Å². The molecule has 4 rings (SSSR count). The molecule has 0 aliphatic heterocycles. The molecule has 34 heavy (non-hydrogen) atoms. The van der Waals surface area contributed by atoms with Crippen molar-refractivity contribution in [3.63, 3.8) is 0 Å². The second kappa shape index (κ2) is 13.5. The van der Waals surface area contributed by atoms with Crippen LogP contribution in [0.4, 0.5) is 5.69 Å². The summed E-state index contributed by atoms with van der Waals surface area (Å²) in [4.78, 5) is 17.0. The lowest BCUT2D eigenvalue weighted by Gasteiger charge is -2.13. The number of carbonyl (C=O) groups is 1. The Morgan fingerprint density at radius 1 is 0.735 bits per heavy atom. The summed E-state index contributed by atoms with van der Waals surface area (Å²) < 4.78 is 1.08. The molecule has 0 saturated carbocycles. The zero-order valence-electron chi connectivity index (χ0n) is 19.2. The highest BCUT2D eigenvalue weighted by Gasteiger charge is 2.08. The second-order valence-corrected chi connectivity index (χ2v) is 9.58. The summed E-state index contributed by atoms with van der Waals surface area (Å²) in [6, 6.07) is 24.4. The number of amides is 1. The van der Waals surface area contributed by atoms with Gasteiger partial charge in [-0.2, -0.15) is 0 Å². The summed E-state index contributed by atoms with van der Waals surface area (Å²) in [6.07, 6.45) is 6.98. The van der Waals surface area contributed by atoms with Crippen LogP contribution in [0.2, 0.25) is 0 Å². The maximum Gasteiger partial charge on any atom is 0.251 e.